The molecule has 1 aromatic heterocycles. The molecule has 1 aromatic rings. The van der Waals surface area contributed by atoms with E-state index in [1.807, 2.05) is 26.8 Å². The number of aromatic nitrogens is 2. The van der Waals surface area contributed by atoms with Crippen molar-refractivity contribution in [3.63, 3.8) is 0 Å². The molecular formula is C15H26N4O2. The van der Waals surface area contributed by atoms with Crippen molar-refractivity contribution >= 4 is 5.95 Å². The van der Waals surface area contributed by atoms with Gasteiger partial charge in [0.15, 0.2) is 0 Å². The summed E-state index contributed by atoms with van der Waals surface area (Å²) in [5, 5.41) is 6.53. The summed E-state index contributed by atoms with van der Waals surface area (Å²) in [4.78, 5) is 8.71. The Morgan fingerprint density at radius 2 is 2.10 bits per heavy atom. The Balaban J connectivity index is 1.75. The molecule has 1 aliphatic heterocycles. The number of nitrogens with zero attached hydrogens (tertiary/aromatic N) is 2. The quantitative estimate of drug-likeness (QED) is 0.747. The first-order valence-electron chi connectivity index (χ1n) is 7.72. The first-order valence-corrected chi connectivity index (χ1v) is 7.72. The zero-order valence-electron chi connectivity index (χ0n) is 13.2. The van der Waals surface area contributed by atoms with Crippen LogP contribution in [-0.2, 0) is 4.74 Å². The molecule has 0 atom stereocenters. The van der Waals surface area contributed by atoms with Gasteiger partial charge < -0.3 is 20.1 Å². The van der Waals surface area contributed by atoms with E-state index in [1.165, 1.54) is 0 Å². The van der Waals surface area contributed by atoms with Crippen molar-refractivity contribution in [2.45, 2.75) is 45.8 Å². The molecule has 0 unspecified atom stereocenters. The lowest BCUT2D eigenvalue weighted by Crippen LogP contribution is -2.33. The molecule has 1 aliphatic rings. The lowest BCUT2D eigenvalue weighted by atomic mass is 10.1. The largest absolute Gasteiger partial charge is 0.475 e. The van der Waals surface area contributed by atoms with Crippen molar-refractivity contribution in [2.75, 3.05) is 31.6 Å². The molecule has 2 N–H and O–H groups in total. The van der Waals surface area contributed by atoms with Crippen molar-refractivity contribution in [1.82, 2.24) is 15.3 Å². The molecule has 6 heteroatoms. The van der Waals surface area contributed by atoms with Crippen LogP contribution in [0, 0.1) is 6.92 Å². The number of ether oxygens (including phenoxy) is 2. The van der Waals surface area contributed by atoms with Crippen LogP contribution < -0.4 is 15.4 Å². The number of hydrogen-bond donors (Lipinski definition) is 2. The van der Waals surface area contributed by atoms with E-state index in [1.54, 1.807) is 0 Å². The second-order valence-corrected chi connectivity index (χ2v) is 5.58. The van der Waals surface area contributed by atoms with Crippen LogP contribution in [0.2, 0.25) is 0 Å². The normalized spacial score (nSPS) is 16.2. The van der Waals surface area contributed by atoms with Gasteiger partial charge in [-0.15, -0.1) is 0 Å². The number of hydrogen-bond acceptors (Lipinski definition) is 6. The molecule has 0 spiro atoms. The van der Waals surface area contributed by atoms with Gasteiger partial charge in [0.25, 0.3) is 0 Å². The van der Waals surface area contributed by atoms with Gasteiger partial charge in [0, 0.05) is 18.3 Å². The van der Waals surface area contributed by atoms with Crippen molar-refractivity contribution in [3.8, 4) is 5.88 Å². The summed E-state index contributed by atoms with van der Waals surface area (Å²) in [5.74, 6) is 1.21. The van der Waals surface area contributed by atoms with E-state index < -0.39 is 0 Å². The Labute approximate surface area is 126 Å². The Kier molecular flexibility index (Phi) is 6.20. The predicted molar refractivity (Wildman–Crippen MR) is 82.9 cm³/mol. The van der Waals surface area contributed by atoms with Crippen LogP contribution in [0.15, 0.2) is 6.07 Å². The maximum absolute atomic E-state index is 5.84. The summed E-state index contributed by atoms with van der Waals surface area (Å²) in [5.41, 5.74) is 0.891. The molecule has 1 fully saturated rings. The van der Waals surface area contributed by atoms with E-state index >= 15 is 0 Å². The predicted octanol–water partition coefficient (Wildman–Crippen LogP) is 1.75. The van der Waals surface area contributed by atoms with Gasteiger partial charge in [-0.2, -0.15) is 4.98 Å². The van der Waals surface area contributed by atoms with Gasteiger partial charge in [-0.05, 0) is 46.7 Å². The van der Waals surface area contributed by atoms with Crippen LogP contribution in [0.4, 0.5) is 5.95 Å². The number of anilines is 1. The maximum Gasteiger partial charge on any atom is 0.226 e. The summed E-state index contributed by atoms with van der Waals surface area (Å²) >= 11 is 0. The minimum atomic E-state index is 0.107. The molecule has 0 radical (unpaired) electrons. The average Bonchev–Trinajstić information content (AvgIpc) is 2.43. The minimum Gasteiger partial charge on any atom is -0.475 e. The van der Waals surface area contributed by atoms with Crippen LogP contribution in [0.3, 0.4) is 0 Å². The number of rotatable bonds is 7. The second-order valence-electron chi connectivity index (χ2n) is 5.58. The van der Waals surface area contributed by atoms with E-state index in [0.29, 0.717) is 31.1 Å². The summed E-state index contributed by atoms with van der Waals surface area (Å²) in [7, 11) is 0. The van der Waals surface area contributed by atoms with Gasteiger partial charge >= 0.3 is 0 Å². The molecule has 0 aliphatic carbocycles. The molecule has 1 saturated heterocycles. The van der Waals surface area contributed by atoms with E-state index in [4.69, 9.17) is 9.47 Å². The lowest BCUT2D eigenvalue weighted by Gasteiger charge is -2.23. The standard InChI is InChI=1S/C15H26N4O2/c1-11(2)21-14-10-12(3)18-15(19-14)17-8-9-20-13-4-6-16-7-5-13/h10-11,13,16H,4-9H2,1-3H3,(H,17,18,19). The number of aryl methyl sites for hydroxylation is 1. The Morgan fingerprint density at radius 3 is 2.81 bits per heavy atom. The first-order chi connectivity index (χ1) is 10.1. The molecule has 0 saturated carbocycles. The minimum absolute atomic E-state index is 0.107. The van der Waals surface area contributed by atoms with E-state index in [0.717, 1.165) is 31.6 Å². The topological polar surface area (TPSA) is 68.3 Å². The van der Waals surface area contributed by atoms with E-state index in [2.05, 4.69) is 20.6 Å². The van der Waals surface area contributed by atoms with Crippen LogP contribution in [0.5, 0.6) is 5.88 Å². The summed E-state index contributed by atoms with van der Waals surface area (Å²) in [6.07, 6.45) is 2.67. The molecule has 118 valence electrons. The van der Waals surface area contributed by atoms with Gasteiger partial charge in [-0.3, -0.25) is 0 Å². The third-order valence-corrected chi connectivity index (χ3v) is 3.21. The van der Waals surface area contributed by atoms with E-state index in [9.17, 15) is 0 Å². The molecule has 21 heavy (non-hydrogen) atoms. The SMILES string of the molecule is Cc1cc(OC(C)C)nc(NCCOC2CCNCC2)n1. The van der Waals surface area contributed by atoms with Gasteiger partial charge in [0.05, 0.1) is 18.8 Å². The zero-order chi connectivity index (χ0) is 15.1. The highest BCUT2D eigenvalue weighted by Gasteiger charge is 2.12. The molecular weight excluding hydrogens is 268 g/mol. The third-order valence-electron chi connectivity index (χ3n) is 3.21. The summed E-state index contributed by atoms with van der Waals surface area (Å²) < 4.78 is 11.4. The van der Waals surface area contributed by atoms with Crippen molar-refractivity contribution < 1.29 is 9.47 Å². The van der Waals surface area contributed by atoms with Crippen LogP contribution in [-0.4, -0.2) is 48.4 Å². The molecule has 0 amide bonds. The fourth-order valence-corrected chi connectivity index (χ4v) is 2.27. The van der Waals surface area contributed by atoms with Crippen LogP contribution >= 0.6 is 0 Å². The van der Waals surface area contributed by atoms with Gasteiger partial charge in [0.2, 0.25) is 11.8 Å². The first kappa shape index (κ1) is 16.0. The highest BCUT2D eigenvalue weighted by molar-refractivity contribution is 5.30. The maximum atomic E-state index is 5.84. The highest BCUT2D eigenvalue weighted by Crippen LogP contribution is 2.13. The third kappa shape index (κ3) is 5.85. The monoisotopic (exact) mass is 294 g/mol. The van der Waals surface area contributed by atoms with Gasteiger partial charge in [-0.1, -0.05) is 0 Å². The molecule has 2 rings (SSSR count). The Bertz CT molecular complexity index is 434. The molecule has 0 aromatic carbocycles. The fourth-order valence-electron chi connectivity index (χ4n) is 2.27. The number of nitrogens with one attached hydrogen (secondary N) is 2. The average molecular weight is 294 g/mol. The van der Waals surface area contributed by atoms with E-state index in [-0.39, 0.29) is 6.10 Å². The van der Waals surface area contributed by atoms with Crippen molar-refractivity contribution in [3.05, 3.63) is 11.8 Å². The van der Waals surface area contributed by atoms with Gasteiger partial charge in [-0.25, -0.2) is 4.98 Å². The summed E-state index contributed by atoms with van der Waals surface area (Å²) in [6.45, 7) is 9.38. The molecule has 6 nitrogen and oxygen atoms in total. The van der Waals surface area contributed by atoms with Crippen LogP contribution in [0.1, 0.15) is 32.4 Å². The zero-order valence-corrected chi connectivity index (χ0v) is 13.2. The Hall–Kier alpha value is -1.40. The smallest absolute Gasteiger partial charge is 0.226 e. The second kappa shape index (κ2) is 8.14. The lowest BCUT2D eigenvalue weighted by molar-refractivity contribution is 0.0393. The van der Waals surface area contributed by atoms with Crippen molar-refractivity contribution in [1.29, 1.82) is 0 Å². The Morgan fingerprint density at radius 1 is 1.33 bits per heavy atom. The van der Waals surface area contributed by atoms with Crippen molar-refractivity contribution in [2.24, 2.45) is 0 Å². The van der Waals surface area contributed by atoms with Crippen LogP contribution in [0.25, 0.3) is 0 Å². The van der Waals surface area contributed by atoms with Gasteiger partial charge in [0.1, 0.15) is 0 Å². The number of piperidine rings is 1. The fraction of sp³-hybridized carbons (Fsp3) is 0.733. The molecule has 2 heterocycles. The highest BCUT2D eigenvalue weighted by atomic mass is 16.5. The molecule has 0 bridgehead atoms. The summed E-state index contributed by atoms with van der Waals surface area (Å²) in [6, 6.07) is 1.84.